The lowest BCUT2D eigenvalue weighted by atomic mass is 10.0. The van der Waals surface area contributed by atoms with E-state index in [2.05, 4.69) is 0 Å². The molecule has 2 aliphatic heterocycles. The summed E-state index contributed by atoms with van der Waals surface area (Å²) in [6.45, 7) is 1.52. The van der Waals surface area contributed by atoms with Gasteiger partial charge in [-0.2, -0.15) is 0 Å². The summed E-state index contributed by atoms with van der Waals surface area (Å²) >= 11 is 0. The van der Waals surface area contributed by atoms with Gasteiger partial charge in [0.1, 0.15) is 0 Å². The molecule has 2 aliphatic rings. The van der Waals surface area contributed by atoms with Gasteiger partial charge >= 0.3 is 0 Å². The van der Waals surface area contributed by atoms with E-state index in [1.807, 2.05) is 12.1 Å². The van der Waals surface area contributed by atoms with Gasteiger partial charge in [-0.3, -0.25) is 4.31 Å². The second-order valence-corrected chi connectivity index (χ2v) is 8.05. The minimum atomic E-state index is -3.70. The number of rotatable bonds is 2. The van der Waals surface area contributed by atoms with Gasteiger partial charge in [-0.05, 0) is 42.7 Å². The third-order valence-electron chi connectivity index (χ3n) is 4.55. The number of sulfonamides is 1. The Balaban J connectivity index is 0.00000196. The number of halogens is 1. The van der Waals surface area contributed by atoms with Crippen molar-refractivity contribution in [1.82, 2.24) is 0 Å². The molecule has 0 spiro atoms. The van der Waals surface area contributed by atoms with Gasteiger partial charge in [-0.25, -0.2) is 8.42 Å². The molecule has 0 radical (unpaired) electrons. The predicted octanol–water partition coefficient (Wildman–Crippen LogP) is 2.99. The van der Waals surface area contributed by atoms with Crippen LogP contribution in [0.15, 0.2) is 41.3 Å². The Kier molecular flexibility index (Phi) is 5.20. The number of anilines is 2. The van der Waals surface area contributed by atoms with Gasteiger partial charge in [0.05, 0.1) is 23.8 Å². The van der Waals surface area contributed by atoms with Crippen molar-refractivity contribution in [3.8, 4) is 11.5 Å². The van der Waals surface area contributed by atoms with Crippen molar-refractivity contribution in [2.24, 2.45) is 0 Å². The molecule has 0 aromatic heterocycles. The highest BCUT2D eigenvalue weighted by atomic mass is 35.5. The summed E-state index contributed by atoms with van der Waals surface area (Å²) in [5, 5.41) is 0. The summed E-state index contributed by atoms with van der Waals surface area (Å²) in [4.78, 5) is 0.201. The fraction of sp³-hybridized carbons (Fsp3) is 0.333. The van der Waals surface area contributed by atoms with E-state index in [0.29, 0.717) is 42.6 Å². The number of hydrogen-bond acceptors (Lipinski definition) is 5. The van der Waals surface area contributed by atoms with Crippen LogP contribution in [0.1, 0.15) is 18.4 Å². The number of fused-ring (bicyclic) bond motifs is 2. The molecular formula is C18H21ClN2O4S. The van der Waals surface area contributed by atoms with Crippen molar-refractivity contribution in [3.05, 3.63) is 42.0 Å². The van der Waals surface area contributed by atoms with Crippen LogP contribution in [0.25, 0.3) is 0 Å². The molecule has 0 unspecified atom stereocenters. The molecule has 2 heterocycles. The maximum Gasteiger partial charge on any atom is 0.264 e. The number of hydrogen-bond donors (Lipinski definition) is 1. The lowest BCUT2D eigenvalue weighted by Gasteiger charge is -2.31. The number of ether oxygens (including phenoxy) is 2. The van der Waals surface area contributed by atoms with Gasteiger partial charge in [0.15, 0.2) is 11.5 Å². The van der Waals surface area contributed by atoms with Crippen molar-refractivity contribution in [2.45, 2.75) is 24.2 Å². The van der Waals surface area contributed by atoms with Crippen LogP contribution >= 0.6 is 12.4 Å². The molecule has 0 atom stereocenters. The van der Waals surface area contributed by atoms with E-state index < -0.39 is 10.0 Å². The van der Waals surface area contributed by atoms with E-state index >= 15 is 0 Å². The minimum absolute atomic E-state index is 0. The molecule has 26 heavy (non-hydrogen) atoms. The Labute approximate surface area is 159 Å². The second-order valence-electron chi connectivity index (χ2n) is 6.18. The zero-order valence-electron chi connectivity index (χ0n) is 14.2. The van der Waals surface area contributed by atoms with E-state index in [4.69, 9.17) is 15.2 Å². The summed E-state index contributed by atoms with van der Waals surface area (Å²) < 4.78 is 39.1. The van der Waals surface area contributed by atoms with Crippen molar-refractivity contribution in [2.75, 3.05) is 29.8 Å². The molecule has 4 rings (SSSR count). The Bertz CT molecular complexity index is 917. The van der Waals surface area contributed by atoms with Gasteiger partial charge < -0.3 is 15.2 Å². The second kappa shape index (κ2) is 7.25. The Morgan fingerprint density at radius 1 is 1.00 bits per heavy atom. The van der Waals surface area contributed by atoms with Crippen LogP contribution in [0, 0.1) is 0 Å². The Hall–Kier alpha value is -2.12. The highest BCUT2D eigenvalue weighted by Crippen LogP contribution is 2.37. The van der Waals surface area contributed by atoms with Crippen LogP contribution in [-0.4, -0.2) is 28.2 Å². The zero-order chi connectivity index (χ0) is 17.4. The Morgan fingerprint density at radius 3 is 2.58 bits per heavy atom. The van der Waals surface area contributed by atoms with Gasteiger partial charge in [0, 0.05) is 24.7 Å². The molecule has 0 aliphatic carbocycles. The first-order valence-corrected chi connectivity index (χ1v) is 9.81. The molecule has 0 saturated carbocycles. The van der Waals surface area contributed by atoms with E-state index in [1.54, 1.807) is 24.3 Å². The maximum atomic E-state index is 13.2. The highest BCUT2D eigenvalue weighted by molar-refractivity contribution is 7.92. The van der Waals surface area contributed by atoms with Gasteiger partial charge in [0.2, 0.25) is 0 Å². The van der Waals surface area contributed by atoms with E-state index in [0.717, 1.165) is 24.8 Å². The normalized spacial score (nSPS) is 16.2. The number of nitrogens with two attached hydrogens (primary N) is 1. The first-order valence-electron chi connectivity index (χ1n) is 8.37. The summed E-state index contributed by atoms with van der Waals surface area (Å²) in [5.41, 5.74) is 8.23. The Morgan fingerprint density at radius 2 is 1.77 bits per heavy atom. The molecule has 6 nitrogen and oxygen atoms in total. The van der Waals surface area contributed by atoms with Crippen molar-refractivity contribution >= 4 is 33.8 Å². The highest BCUT2D eigenvalue weighted by Gasteiger charge is 2.30. The van der Waals surface area contributed by atoms with Crippen molar-refractivity contribution < 1.29 is 17.9 Å². The molecule has 0 fully saturated rings. The first kappa shape index (κ1) is 18.7. The topological polar surface area (TPSA) is 81.9 Å². The van der Waals surface area contributed by atoms with Crippen LogP contribution in [-0.2, 0) is 16.4 Å². The lowest BCUT2D eigenvalue weighted by Crippen LogP contribution is -2.35. The average molecular weight is 397 g/mol. The van der Waals surface area contributed by atoms with Crippen LogP contribution in [0.2, 0.25) is 0 Å². The molecule has 2 aromatic rings. The molecule has 0 bridgehead atoms. The largest absolute Gasteiger partial charge is 0.490 e. The maximum absolute atomic E-state index is 13.2. The molecule has 0 saturated heterocycles. The summed E-state index contributed by atoms with van der Waals surface area (Å²) in [6.07, 6.45) is 2.30. The van der Waals surface area contributed by atoms with Gasteiger partial charge in [-0.15, -0.1) is 12.4 Å². The van der Waals surface area contributed by atoms with E-state index in [9.17, 15) is 8.42 Å². The van der Waals surface area contributed by atoms with Crippen molar-refractivity contribution in [3.63, 3.8) is 0 Å². The summed E-state index contributed by atoms with van der Waals surface area (Å²) in [5.74, 6) is 1.06. The van der Waals surface area contributed by atoms with Crippen LogP contribution < -0.4 is 19.5 Å². The van der Waals surface area contributed by atoms with Crippen LogP contribution in [0.4, 0.5) is 11.4 Å². The quantitative estimate of drug-likeness (QED) is 0.789. The molecule has 2 aromatic carbocycles. The van der Waals surface area contributed by atoms with Crippen molar-refractivity contribution in [1.29, 1.82) is 0 Å². The SMILES string of the molecule is Cl.Nc1cccc2c1CCCN2S(=O)(=O)c1ccc2c(c1)OCCCO2. The zero-order valence-corrected chi connectivity index (χ0v) is 15.8. The van der Waals surface area contributed by atoms with Gasteiger partial charge in [0.25, 0.3) is 10.0 Å². The monoisotopic (exact) mass is 396 g/mol. The molecule has 140 valence electrons. The standard InChI is InChI=1S/C18H20N2O4S.ClH/c19-15-5-1-6-16-14(15)4-2-9-20(16)25(21,22)13-7-8-17-18(12-13)24-11-3-10-23-17;/h1,5-8,12H,2-4,9-11,19H2;1H. The van der Waals surface area contributed by atoms with Crippen LogP contribution in [0.5, 0.6) is 11.5 Å². The molecular weight excluding hydrogens is 376 g/mol. The molecule has 0 amide bonds. The summed E-state index contributed by atoms with van der Waals surface area (Å²) in [7, 11) is -3.70. The number of nitrogen functional groups attached to an aromatic ring is 1. The van der Waals surface area contributed by atoms with Crippen LogP contribution in [0.3, 0.4) is 0 Å². The lowest BCUT2D eigenvalue weighted by molar-refractivity contribution is 0.297. The van der Waals surface area contributed by atoms with E-state index in [-0.39, 0.29) is 17.3 Å². The predicted molar refractivity (Wildman–Crippen MR) is 103 cm³/mol. The summed E-state index contributed by atoms with van der Waals surface area (Å²) in [6, 6.07) is 10.2. The van der Waals surface area contributed by atoms with Gasteiger partial charge in [-0.1, -0.05) is 6.07 Å². The number of nitrogens with zero attached hydrogens (tertiary/aromatic N) is 1. The first-order chi connectivity index (χ1) is 12.1. The minimum Gasteiger partial charge on any atom is -0.490 e. The fourth-order valence-corrected chi connectivity index (χ4v) is 4.85. The third-order valence-corrected chi connectivity index (χ3v) is 6.36. The van der Waals surface area contributed by atoms with E-state index in [1.165, 1.54) is 4.31 Å². The molecule has 2 N–H and O–H groups in total. The fourth-order valence-electron chi connectivity index (χ4n) is 3.30. The molecule has 8 heteroatoms. The average Bonchev–Trinajstić information content (AvgIpc) is 2.86. The third kappa shape index (κ3) is 3.17. The number of benzene rings is 2. The smallest absolute Gasteiger partial charge is 0.264 e.